The van der Waals surface area contributed by atoms with Gasteiger partial charge in [-0.15, -0.1) is 0 Å². The van der Waals surface area contributed by atoms with E-state index in [0.29, 0.717) is 10.6 Å². The monoisotopic (exact) mass is 315 g/mol. The van der Waals surface area contributed by atoms with Crippen LogP contribution in [0, 0.1) is 12.8 Å². The molecule has 0 aromatic heterocycles. The molecule has 0 amide bonds. The summed E-state index contributed by atoms with van der Waals surface area (Å²) in [4.78, 5) is 10.9. The number of carbonyl (C=O) groups is 1. The Morgan fingerprint density at radius 3 is 2.70 bits per heavy atom. The number of aliphatic carboxylic acids is 1. The largest absolute Gasteiger partial charge is 0.481 e. The molecule has 0 fully saturated rings. The molecule has 0 saturated carbocycles. The Morgan fingerprint density at radius 2 is 2.10 bits per heavy atom. The molecule has 0 saturated heterocycles. The summed E-state index contributed by atoms with van der Waals surface area (Å²) in [6.07, 6.45) is 3.28. The van der Waals surface area contributed by atoms with E-state index in [1.54, 1.807) is 25.1 Å². The van der Waals surface area contributed by atoms with Crippen molar-refractivity contribution < 1.29 is 18.3 Å². The van der Waals surface area contributed by atoms with E-state index >= 15 is 0 Å². The van der Waals surface area contributed by atoms with E-state index < -0.39 is 28.0 Å². The highest BCUT2D eigenvalue weighted by molar-refractivity contribution is 7.89. The molecule has 2 N–H and O–H groups in total. The first-order chi connectivity index (χ1) is 9.31. The molecule has 0 radical (unpaired) electrons. The summed E-state index contributed by atoms with van der Waals surface area (Å²) in [5.74, 6) is -1.61. The van der Waals surface area contributed by atoms with Crippen LogP contribution in [-0.2, 0) is 14.8 Å². The smallest absolute Gasteiger partial charge is 0.310 e. The standard InChI is InChI=1S/C13H14ClNO4S/c1-8-11(14)3-2-4-12(8)20(18,19)15-10-6-5-9(7-10)13(16)17/h2-6,9-10,15H,7H2,1H3,(H,16,17). The number of hydrogen-bond donors (Lipinski definition) is 2. The van der Waals surface area contributed by atoms with Crippen molar-refractivity contribution in [2.75, 3.05) is 0 Å². The number of sulfonamides is 1. The molecule has 0 bridgehead atoms. The van der Waals surface area contributed by atoms with E-state index in [1.165, 1.54) is 12.1 Å². The first-order valence-corrected chi connectivity index (χ1v) is 7.86. The maximum atomic E-state index is 12.3. The Labute approximate surface area is 122 Å². The van der Waals surface area contributed by atoms with E-state index in [4.69, 9.17) is 16.7 Å². The fraction of sp³-hybridized carbons (Fsp3) is 0.308. The molecule has 1 aromatic carbocycles. The number of carboxylic acid groups (broad SMARTS) is 1. The van der Waals surface area contributed by atoms with Gasteiger partial charge < -0.3 is 5.11 Å². The molecular formula is C13H14ClNO4S. The summed E-state index contributed by atoms with van der Waals surface area (Å²) in [7, 11) is -3.72. The third-order valence-electron chi connectivity index (χ3n) is 3.21. The minimum atomic E-state index is -3.72. The molecule has 2 rings (SSSR count). The fourth-order valence-corrected chi connectivity index (χ4v) is 3.81. The van der Waals surface area contributed by atoms with Gasteiger partial charge in [-0.3, -0.25) is 4.79 Å². The van der Waals surface area contributed by atoms with E-state index in [9.17, 15) is 13.2 Å². The number of nitrogens with one attached hydrogen (secondary N) is 1. The van der Waals surface area contributed by atoms with Gasteiger partial charge in [0.05, 0.1) is 10.8 Å². The molecule has 2 unspecified atom stereocenters. The summed E-state index contributed by atoms with van der Waals surface area (Å²) in [5, 5.41) is 9.25. The fourth-order valence-electron chi connectivity index (χ4n) is 2.11. The second kappa shape index (κ2) is 5.55. The predicted molar refractivity (Wildman–Crippen MR) is 75.2 cm³/mol. The third-order valence-corrected chi connectivity index (χ3v) is 5.26. The molecule has 1 aliphatic carbocycles. The second-order valence-corrected chi connectivity index (χ2v) is 6.75. The predicted octanol–water partition coefficient (Wildman–Crippen LogP) is 1.96. The Bertz CT molecular complexity index is 669. The van der Waals surface area contributed by atoms with Crippen LogP contribution in [-0.4, -0.2) is 25.5 Å². The van der Waals surface area contributed by atoms with Crippen LogP contribution in [0.15, 0.2) is 35.2 Å². The molecular weight excluding hydrogens is 302 g/mol. The van der Waals surface area contributed by atoms with Crippen molar-refractivity contribution in [1.82, 2.24) is 4.72 Å². The number of rotatable bonds is 4. The van der Waals surface area contributed by atoms with Gasteiger partial charge in [0, 0.05) is 11.1 Å². The minimum absolute atomic E-state index is 0.108. The van der Waals surface area contributed by atoms with Crippen molar-refractivity contribution >= 4 is 27.6 Å². The van der Waals surface area contributed by atoms with Gasteiger partial charge in [0.25, 0.3) is 0 Å². The quantitative estimate of drug-likeness (QED) is 0.832. The lowest BCUT2D eigenvalue weighted by molar-refractivity contribution is -0.140. The zero-order chi connectivity index (χ0) is 14.9. The maximum Gasteiger partial charge on any atom is 0.310 e. The summed E-state index contributed by atoms with van der Waals surface area (Å²) in [6.45, 7) is 1.63. The number of carboxylic acids is 1. The maximum absolute atomic E-state index is 12.3. The molecule has 1 aromatic rings. The first kappa shape index (κ1) is 15.0. The average Bonchev–Trinajstić information content (AvgIpc) is 2.80. The summed E-state index contributed by atoms with van der Waals surface area (Å²) in [5.41, 5.74) is 0.471. The zero-order valence-corrected chi connectivity index (χ0v) is 12.3. The van der Waals surface area contributed by atoms with Crippen LogP contribution in [0.25, 0.3) is 0 Å². The third kappa shape index (κ3) is 3.03. The molecule has 0 spiro atoms. The van der Waals surface area contributed by atoms with Crippen LogP contribution >= 0.6 is 11.6 Å². The molecule has 0 aliphatic heterocycles. The van der Waals surface area contributed by atoms with Crippen molar-refractivity contribution in [3.63, 3.8) is 0 Å². The van der Waals surface area contributed by atoms with Crippen LogP contribution in [0.4, 0.5) is 0 Å². The molecule has 0 heterocycles. The van der Waals surface area contributed by atoms with E-state index in [1.807, 2.05) is 0 Å². The van der Waals surface area contributed by atoms with Crippen molar-refractivity contribution in [3.05, 3.63) is 40.9 Å². The van der Waals surface area contributed by atoms with E-state index in [-0.39, 0.29) is 11.3 Å². The number of hydrogen-bond acceptors (Lipinski definition) is 3. The average molecular weight is 316 g/mol. The minimum Gasteiger partial charge on any atom is -0.481 e. The molecule has 1 aliphatic rings. The van der Waals surface area contributed by atoms with Gasteiger partial charge in [0.1, 0.15) is 0 Å². The normalized spacial score (nSPS) is 22.1. The van der Waals surface area contributed by atoms with Gasteiger partial charge in [0.2, 0.25) is 10.0 Å². The van der Waals surface area contributed by atoms with Gasteiger partial charge >= 0.3 is 5.97 Å². The molecule has 108 valence electrons. The lowest BCUT2D eigenvalue weighted by Gasteiger charge is -2.14. The molecule has 7 heteroatoms. The zero-order valence-electron chi connectivity index (χ0n) is 10.7. The highest BCUT2D eigenvalue weighted by Crippen LogP contribution is 2.25. The Hall–Kier alpha value is -1.37. The molecule has 20 heavy (non-hydrogen) atoms. The highest BCUT2D eigenvalue weighted by atomic mass is 35.5. The van der Waals surface area contributed by atoms with Crippen molar-refractivity contribution in [1.29, 1.82) is 0 Å². The van der Waals surface area contributed by atoms with Crippen LogP contribution in [0.5, 0.6) is 0 Å². The van der Waals surface area contributed by atoms with Gasteiger partial charge in [-0.1, -0.05) is 29.8 Å². The second-order valence-electron chi connectivity index (χ2n) is 4.66. The Morgan fingerprint density at radius 1 is 1.40 bits per heavy atom. The van der Waals surface area contributed by atoms with Crippen LogP contribution < -0.4 is 4.72 Å². The molecule has 2 atom stereocenters. The summed E-state index contributed by atoms with van der Waals surface area (Å²) in [6, 6.07) is 4.14. The number of benzene rings is 1. The lowest BCUT2D eigenvalue weighted by atomic mass is 10.1. The van der Waals surface area contributed by atoms with Crippen molar-refractivity contribution in [2.24, 2.45) is 5.92 Å². The van der Waals surface area contributed by atoms with Crippen LogP contribution in [0.2, 0.25) is 5.02 Å². The Kier molecular flexibility index (Phi) is 4.17. The first-order valence-electron chi connectivity index (χ1n) is 6.00. The van der Waals surface area contributed by atoms with Crippen molar-refractivity contribution in [2.45, 2.75) is 24.3 Å². The van der Waals surface area contributed by atoms with E-state index in [2.05, 4.69) is 4.72 Å². The van der Waals surface area contributed by atoms with E-state index in [0.717, 1.165) is 0 Å². The van der Waals surface area contributed by atoms with Gasteiger partial charge in [-0.05, 0) is 31.0 Å². The summed E-state index contributed by atoms with van der Waals surface area (Å²) < 4.78 is 27.1. The Balaban J connectivity index is 2.19. The number of halogens is 1. The van der Waals surface area contributed by atoms with Gasteiger partial charge in [-0.25, -0.2) is 13.1 Å². The van der Waals surface area contributed by atoms with Gasteiger partial charge in [0.15, 0.2) is 0 Å². The van der Waals surface area contributed by atoms with Gasteiger partial charge in [-0.2, -0.15) is 0 Å². The van der Waals surface area contributed by atoms with Crippen LogP contribution in [0.3, 0.4) is 0 Å². The SMILES string of the molecule is Cc1c(Cl)cccc1S(=O)(=O)NC1C=CC(C(=O)O)C1. The highest BCUT2D eigenvalue weighted by Gasteiger charge is 2.28. The summed E-state index contributed by atoms with van der Waals surface area (Å²) >= 11 is 5.92. The lowest BCUT2D eigenvalue weighted by Crippen LogP contribution is -2.33. The van der Waals surface area contributed by atoms with Crippen molar-refractivity contribution in [3.8, 4) is 0 Å². The van der Waals surface area contributed by atoms with Crippen LogP contribution in [0.1, 0.15) is 12.0 Å². The topological polar surface area (TPSA) is 83.5 Å². The molecule has 5 nitrogen and oxygen atoms in total.